The number of ether oxygens (including phenoxy) is 1. The van der Waals surface area contributed by atoms with Crippen molar-refractivity contribution >= 4 is 23.5 Å². The van der Waals surface area contributed by atoms with Crippen LogP contribution in [0.15, 0.2) is 12.7 Å². The first-order chi connectivity index (χ1) is 12.4. The van der Waals surface area contributed by atoms with Gasteiger partial charge in [-0.15, -0.1) is 0 Å². The number of imide groups is 1. The first-order valence-electron chi connectivity index (χ1n) is 9.31. The minimum atomic E-state index is -0.622. The van der Waals surface area contributed by atoms with Crippen molar-refractivity contribution in [2.75, 3.05) is 13.2 Å². The first-order valence-corrected chi connectivity index (χ1v) is 9.31. The Balaban J connectivity index is 2.43. The molecule has 1 unspecified atom stereocenters. The highest BCUT2D eigenvalue weighted by atomic mass is 16.5. The van der Waals surface area contributed by atoms with Crippen LogP contribution in [-0.4, -0.2) is 52.7 Å². The molecule has 0 aromatic rings. The second-order valence-corrected chi connectivity index (χ2v) is 8.39. The molecule has 1 rings (SSSR count). The van der Waals surface area contributed by atoms with Crippen molar-refractivity contribution in [2.24, 2.45) is 5.92 Å². The molecule has 1 N–H and O–H groups in total. The average Bonchev–Trinajstić information content (AvgIpc) is 2.81. The summed E-state index contributed by atoms with van der Waals surface area (Å²) in [6.45, 7) is 13.0. The normalized spacial score (nSPS) is 18.0. The molecule has 1 aliphatic rings. The van der Waals surface area contributed by atoms with Crippen LogP contribution in [0.4, 0.5) is 0 Å². The second-order valence-electron chi connectivity index (χ2n) is 8.39. The van der Waals surface area contributed by atoms with Crippen LogP contribution in [0.2, 0.25) is 0 Å². The van der Waals surface area contributed by atoms with Crippen LogP contribution < -0.4 is 5.32 Å². The number of hydrogen-bond donors (Lipinski definition) is 1. The number of ketones is 1. The average molecular weight is 380 g/mol. The molecule has 3 amide bonds. The highest BCUT2D eigenvalue weighted by Gasteiger charge is 2.35. The Hall–Kier alpha value is -2.02. The van der Waals surface area contributed by atoms with Crippen molar-refractivity contribution in [1.29, 1.82) is 0 Å². The molecule has 7 nitrogen and oxygen atoms in total. The van der Waals surface area contributed by atoms with Crippen molar-refractivity contribution in [3.63, 3.8) is 0 Å². The molecule has 0 saturated carbocycles. The molecule has 1 fully saturated rings. The van der Waals surface area contributed by atoms with Gasteiger partial charge in [0.25, 0.3) is 0 Å². The Morgan fingerprint density at radius 1 is 1.26 bits per heavy atom. The van der Waals surface area contributed by atoms with Crippen LogP contribution >= 0.6 is 0 Å². The maximum absolute atomic E-state index is 12.2. The Bertz CT molecular complexity index is 609. The minimum Gasteiger partial charge on any atom is -0.373 e. The summed E-state index contributed by atoms with van der Waals surface area (Å²) >= 11 is 0. The molecule has 0 aromatic carbocycles. The molecule has 1 heterocycles. The van der Waals surface area contributed by atoms with Gasteiger partial charge in [0, 0.05) is 31.7 Å². The molecule has 1 atom stereocenters. The van der Waals surface area contributed by atoms with E-state index in [1.165, 1.54) is 6.08 Å². The van der Waals surface area contributed by atoms with Gasteiger partial charge in [-0.3, -0.25) is 24.1 Å². The molecular weight excluding hydrogens is 348 g/mol. The molecule has 1 aliphatic heterocycles. The van der Waals surface area contributed by atoms with Crippen LogP contribution in [0, 0.1) is 5.92 Å². The van der Waals surface area contributed by atoms with Crippen LogP contribution in [-0.2, 0) is 23.9 Å². The number of likely N-dealkylation sites (tertiary alicyclic amines) is 1. The van der Waals surface area contributed by atoms with E-state index in [2.05, 4.69) is 11.9 Å². The number of carbonyl (C=O) groups is 4. The fraction of sp³-hybridized carbons (Fsp3) is 0.700. The third kappa shape index (κ3) is 7.62. The van der Waals surface area contributed by atoms with Crippen LogP contribution in [0.5, 0.6) is 0 Å². The van der Waals surface area contributed by atoms with Gasteiger partial charge in [-0.25, -0.2) is 0 Å². The standard InChI is InChI=1S/C20H32N2O5/c1-7-15(23)8-10-20(5,6)27-13-19(3,4)21-16(24)9-11-22-17(25)12-14(2)18(22)26/h7,14H,1,8-13H2,2-6H3,(H,21,24). The highest BCUT2D eigenvalue weighted by molar-refractivity contribution is 6.03. The molecule has 152 valence electrons. The first kappa shape index (κ1) is 23.0. The van der Waals surface area contributed by atoms with Gasteiger partial charge in [0.2, 0.25) is 17.7 Å². The maximum atomic E-state index is 12.2. The summed E-state index contributed by atoms with van der Waals surface area (Å²) in [5, 5.41) is 2.87. The van der Waals surface area contributed by atoms with Crippen molar-refractivity contribution < 1.29 is 23.9 Å². The van der Waals surface area contributed by atoms with E-state index in [-0.39, 0.29) is 55.4 Å². The predicted molar refractivity (Wildman–Crippen MR) is 102 cm³/mol. The van der Waals surface area contributed by atoms with Crippen LogP contribution in [0.25, 0.3) is 0 Å². The Morgan fingerprint density at radius 2 is 1.89 bits per heavy atom. The quantitative estimate of drug-likeness (QED) is 0.437. The number of carbonyl (C=O) groups excluding carboxylic acids is 4. The van der Waals surface area contributed by atoms with Gasteiger partial charge in [0.15, 0.2) is 5.78 Å². The number of hydrogen-bond acceptors (Lipinski definition) is 5. The van der Waals surface area contributed by atoms with Crippen molar-refractivity contribution in [3.05, 3.63) is 12.7 Å². The van der Waals surface area contributed by atoms with E-state index < -0.39 is 11.1 Å². The molecule has 0 spiro atoms. The maximum Gasteiger partial charge on any atom is 0.232 e. The fourth-order valence-corrected chi connectivity index (χ4v) is 2.75. The molecule has 27 heavy (non-hydrogen) atoms. The van der Waals surface area contributed by atoms with Crippen LogP contribution in [0.3, 0.4) is 0 Å². The molecule has 0 bridgehead atoms. The summed E-state index contributed by atoms with van der Waals surface area (Å²) in [4.78, 5) is 48.4. The topological polar surface area (TPSA) is 92.8 Å². The lowest BCUT2D eigenvalue weighted by Gasteiger charge is -2.32. The second kappa shape index (κ2) is 9.26. The van der Waals surface area contributed by atoms with E-state index in [0.717, 1.165) is 4.90 Å². The number of nitrogens with zero attached hydrogens (tertiary/aromatic N) is 1. The van der Waals surface area contributed by atoms with Gasteiger partial charge in [0.1, 0.15) is 0 Å². The molecule has 1 saturated heterocycles. The number of allylic oxidation sites excluding steroid dienone is 1. The van der Waals surface area contributed by atoms with Crippen molar-refractivity contribution in [3.8, 4) is 0 Å². The zero-order chi connectivity index (χ0) is 20.8. The largest absolute Gasteiger partial charge is 0.373 e. The highest BCUT2D eigenvalue weighted by Crippen LogP contribution is 2.20. The molecule has 0 aliphatic carbocycles. The van der Waals surface area contributed by atoms with E-state index in [9.17, 15) is 19.2 Å². The Kier molecular flexibility index (Phi) is 7.90. The lowest BCUT2D eigenvalue weighted by molar-refractivity contribution is -0.139. The monoisotopic (exact) mass is 380 g/mol. The van der Waals surface area contributed by atoms with E-state index in [1.807, 2.05) is 27.7 Å². The fourth-order valence-electron chi connectivity index (χ4n) is 2.75. The summed E-state index contributed by atoms with van der Waals surface area (Å²) in [5.74, 6) is -1.02. The van der Waals surface area contributed by atoms with Crippen molar-refractivity contribution in [1.82, 2.24) is 10.2 Å². The summed E-state index contributed by atoms with van der Waals surface area (Å²) in [6.07, 6.45) is 2.49. The zero-order valence-corrected chi connectivity index (χ0v) is 17.1. The molecule has 7 heteroatoms. The summed E-state index contributed by atoms with van der Waals surface area (Å²) in [6, 6.07) is 0. The number of rotatable bonds is 11. The van der Waals surface area contributed by atoms with Gasteiger partial charge >= 0.3 is 0 Å². The van der Waals surface area contributed by atoms with E-state index >= 15 is 0 Å². The van der Waals surface area contributed by atoms with E-state index in [4.69, 9.17) is 4.74 Å². The molecular formula is C20H32N2O5. The smallest absolute Gasteiger partial charge is 0.232 e. The van der Waals surface area contributed by atoms with Crippen LogP contribution in [0.1, 0.15) is 60.3 Å². The summed E-state index contributed by atoms with van der Waals surface area (Å²) in [5.41, 5.74) is -1.13. The number of amides is 3. The minimum absolute atomic E-state index is 0.0282. The molecule has 0 aromatic heterocycles. The SMILES string of the molecule is C=CC(=O)CCC(C)(C)OCC(C)(C)NC(=O)CCN1C(=O)CC(C)C1=O. The van der Waals surface area contributed by atoms with E-state index in [1.54, 1.807) is 6.92 Å². The van der Waals surface area contributed by atoms with Gasteiger partial charge in [-0.2, -0.15) is 0 Å². The zero-order valence-electron chi connectivity index (χ0n) is 17.1. The predicted octanol–water partition coefficient (Wildman–Crippen LogP) is 2.00. The lowest BCUT2D eigenvalue weighted by atomic mass is 9.99. The van der Waals surface area contributed by atoms with Gasteiger partial charge in [-0.05, 0) is 40.2 Å². The Labute approximate surface area is 161 Å². The lowest BCUT2D eigenvalue weighted by Crippen LogP contribution is -2.49. The Morgan fingerprint density at radius 3 is 2.41 bits per heavy atom. The number of nitrogens with one attached hydrogen (secondary N) is 1. The van der Waals surface area contributed by atoms with Gasteiger partial charge < -0.3 is 10.1 Å². The summed E-state index contributed by atoms with van der Waals surface area (Å²) < 4.78 is 5.90. The summed E-state index contributed by atoms with van der Waals surface area (Å²) in [7, 11) is 0. The third-order valence-corrected chi connectivity index (χ3v) is 4.53. The van der Waals surface area contributed by atoms with Gasteiger partial charge in [0.05, 0.1) is 17.7 Å². The van der Waals surface area contributed by atoms with E-state index in [0.29, 0.717) is 12.8 Å². The van der Waals surface area contributed by atoms with Gasteiger partial charge in [-0.1, -0.05) is 13.5 Å². The molecule has 0 radical (unpaired) electrons. The van der Waals surface area contributed by atoms with Crippen molar-refractivity contribution in [2.45, 2.75) is 71.4 Å². The third-order valence-electron chi connectivity index (χ3n) is 4.53.